The molecule has 0 aliphatic heterocycles. The first-order valence-corrected chi connectivity index (χ1v) is 5.70. The third kappa shape index (κ3) is 3.63. The van der Waals surface area contributed by atoms with Crippen LogP contribution in [-0.4, -0.2) is 6.61 Å². The highest BCUT2D eigenvalue weighted by atomic mass is 16.5. The fraction of sp³-hybridized carbons (Fsp3) is 0.133. The molecule has 2 aromatic rings. The van der Waals surface area contributed by atoms with Crippen LogP contribution >= 0.6 is 0 Å². The lowest BCUT2D eigenvalue weighted by Gasteiger charge is -2.02. The van der Waals surface area contributed by atoms with Crippen molar-refractivity contribution in [3.63, 3.8) is 0 Å². The van der Waals surface area contributed by atoms with Crippen LogP contribution in [0.3, 0.4) is 0 Å². The molecule has 0 N–H and O–H groups in total. The van der Waals surface area contributed by atoms with Crippen LogP contribution in [0.1, 0.15) is 11.3 Å². The average molecular weight is 242 g/mol. The van der Waals surface area contributed by atoms with Crippen molar-refractivity contribution in [3.05, 3.63) is 70.3 Å². The predicted molar refractivity (Wildman–Crippen MR) is 70.7 cm³/mol. The molecule has 0 spiro atoms. The van der Waals surface area contributed by atoms with Crippen molar-refractivity contribution in [1.82, 2.24) is 0 Å². The minimum Gasteiger partial charge on any atom is -0.489 e. The van der Waals surface area contributed by atoms with Crippen LogP contribution in [-0.2, 0) is 0 Å². The molecule has 1 heterocycles. The summed E-state index contributed by atoms with van der Waals surface area (Å²) in [5.41, 5.74) is 0.724. The highest BCUT2D eigenvalue weighted by Crippen LogP contribution is 2.09. The topological polar surface area (TPSA) is 39.4 Å². The Balaban J connectivity index is 1.92. The maximum Gasteiger partial charge on any atom is 0.339 e. The Bertz CT molecular complexity index is 582. The first-order chi connectivity index (χ1) is 8.74. The summed E-state index contributed by atoms with van der Waals surface area (Å²) in [4.78, 5) is 11.1. The lowest BCUT2D eigenvalue weighted by molar-refractivity contribution is 0.353. The first kappa shape index (κ1) is 12.2. The fourth-order valence-electron chi connectivity index (χ4n) is 1.55. The smallest absolute Gasteiger partial charge is 0.339 e. The molecule has 0 amide bonds. The van der Waals surface area contributed by atoms with Crippen molar-refractivity contribution < 1.29 is 9.15 Å². The molecule has 0 saturated carbocycles. The zero-order valence-corrected chi connectivity index (χ0v) is 10.1. The van der Waals surface area contributed by atoms with Gasteiger partial charge in [-0.2, -0.15) is 0 Å². The van der Waals surface area contributed by atoms with E-state index in [0.717, 1.165) is 5.56 Å². The molecule has 0 aliphatic carbocycles. The quantitative estimate of drug-likeness (QED) is 0.827. The lowest BCUT2D eigenvalue weighted by Crippen LogP contribution is -2.01. The van der Waals surface area contributed by atoms with E-state index in [4.69, 9.17) is 9.15 Å². The van der Waals surface area contributed by atoms with E-state index >= 15 is 0 Å². The van der Waals surface area contributed by atoms with Gasteiger partial charge in [-0.05, 0) is 18.6 Å². The molecular formula is C15H14O3. The SMILES string of the molecule is Cc1cc(OC/C=C/c2ccccc2)cc(=O)o1. The van der Waals surface area contributed by atoms with Crippen LogP contribution in [0.15, 0.2) is 57.8 Å². The highest BCUT2D eigenvalue weighted by Gasteiger charge is 1.97. The molecule has 0 atom stereocenters. The van der Waals surface area contributed by atoms with E-state index in [1.165, 1.54) is 6.07 Å². The molecule has 0 radical (unpaired) electrons. The molecule has 18 heavy (non-hydrogen) atoms. The first-order valence-electron chi connectivity index (χ1n) is 5.70. The summed E-state index contributed by atoms with van der Waals surface area (Å²) in [5, 5.41) is 0. The Morgan fingerprint density at radius 2 is 2.00 bits per heavy atom. The van der Waals surface area contributed by atoms with Crippen LogP contribution < -0.4 is 10.4 Å². The molecule has 0 saturated heterocycles. The molecule has 0 aliphatic rings. The van der Waals surface area contributed by atoms with Gasteiger partial charge in [-0.25, -0.2) is 4.79 Å². The molecule has 3 heteroatoms. The summed E-state index contributed by atoms with van der Waals surface area (Å²) >= 11 is 0. The Labute approximate surface area is 105 Å². The van der Waals surface area contributed by atoms with Crippen LogP contribution in [0.2, 0.25) is 0 Å². The minimum atomic E-state index is -0.392. The predicted octanol–water partition coefficient (Wildman–Crippen LogP) is 3.04. The fourth-order valence-corrected chi connectivity index (χ4v) is 1.55. The highest BCUT2D eigenvalue weighted by molar-refractivity contribution is 5.48. The number of hydrogen-bond donors (Lipinski definition) is 0. The second kappa shape index (κ2) is 5.87. The van der Waals surface area contributed by atoms with E-state index in [1.807, 2.05) is 42.5 Å². The summed E-state index contributed by atoms with van der Waals surface area (Å²) in [6.07, 6.45) is 3.87. The van der Waals surface area contributed by atoms with E-state index in [9.17, 15) is 4.79 Å². The van der Waals surface area contributed by atoms with Gasteiger partial charge in [0, 0.05) is 6.07 Å². The molecule has 0 fully saturated rings. The summed E-state index contributed by atoms with van der Waals surface area (Å²) in [6.45, 7) is 2.13. The lowest BCUT2D eigenvalue weighted by atomic mass is 10.2. The zero-order chi connectivity index (χ0) is 12.8. The Morgan fingerprint density at radius 3 is 2.72 bits per heavy atom. The summed E-state index contributed by atoms with van der Waals surface area (Å²) < 4.78 is 10.3. The second-order valence-electron chi connectivity index (χ2n) is 3.85. The van der Waals surface area contributed by atoms with Crippen LogP contribution in [0, 0.1) is 6.92 Å². The Morgan fingerprint density at radius 1 is 1.22 bits per heavy atom. The zero-order valence-electron chi connectivity index (χ0n) is 10.1. The van der Waals surface area contributed by atoms with Gasteiger partial charge in [-0.15, -0.1) is 0 Å². The van der Waals surface area contributed by atoms with Gasteiger partial charge in [0.1, 0.15) is 18.1 Å². The van der Waals surface area contributed by atoms with Gasteiger partial charge >= 0.3 is 5.63 Å². The van der Waals surface area contributed by atoms with E-state index in [2.05, 4.69) is 0 Å². The summed E-state index contributed by atoms with van der Waals surface area (Å²) in [5.74, 6) is 1.08. The van der Waals surface area contributed by atoms with Gasteiger partial charge in [0.15, 0.2) is 0 Å². The Kier molecular flexibility index (Phi) is 3.97. The maximum absolute atomic E-state index is 11.1. The molecule has 92 valence electrons. The third-order valence-corrected chi connectivity index (χ3v) is 2.32. The van der Waals surface area contributed by atoms with Crippen molar-refractivity contribution in [1.29, 1.82) is 0 Å². The van der Waals surface area contributed by atoms with Crippen molar-refractivity contribution in [2.75, 3.05) is 6.61 Å². The monoisotopic (exact) mass is 242 g/mol. The van der Waals surface area contributed by atoms with E-state index in [0.29, 0.717) is 18.1 Å². The van der Waals surface area contributed by atoms with Crippen molar-refractivity contribution in [2.24, 2.45) is 0 Å². The molecule has 1 aromatic heterocycles. The number of rotatable bonds is 4. The molecule has 3 nitrogen and oxygen atoms in total. The minimum absolute atomic E-state index is 0.392. The number of aryl methyl sites for hydroxylation is 1. The van der Waals surface area contributed by atoms with Crippen LogP contribution in [0.5, 0.6) is 5.75 Å². The number of benzene rings is 1. The van der Waals surface area contributed by atoms with Crippen molar-refractivity contribution >= 4 is 6.08 Å². The van der Waals surface area contributed by atoms with Crippen molar-refractivity contribution in [2.45, 2.75) is 6.92 Å². The van der Waals surface area contributed by atoms with Gasteiger partial charge in [-0.3, -0.25) is 0 Å². The summed E-state index contributed by atoms with van der Waals surface area (Å²) in [7, 11) is 0. The number of hydrogen-bond acceptors (Lipinski definition) is 3. The van der Waals surface area contributed by atoms with E-state index < -0.39 is 5.63 Å². The molecular weight excluding hydrogens is 228 g/mol. The summed E-state index contributed by atoms with van der Waals surface area (Å²) in [6, 6.07) is 13.0. The van der Waals surface area contributed by atoms with E-state index in [-0.39, 0.29) is 0 Å². The average Bonchev–Trinajstić information content (AvgIpc) is 2.35. The van der Waals surface area contributed by atoms with Gasteiger partial charge in [0.25, 0.3) is 0 Å². The Hall–Kier alpha value is -2.29. The van der Waals surface area contributed by atoms with Gasteiger partial charge < -0.3 is 9.15 Å². The molecule has 1 aromatic carbocycles. The second-order valence-corrected chi connectivity index (χ2v) is 3.85. The van der Waals surface area contributed by atoms with E-state index in [1.54, 1.807) is 13.0 Å². The van der Waals surface area contributed by atoms with Gasteiger partial charge in [-0.1, -0.05) is 36.4 Å². The maximum atomic E-state index is 11.1. The molecule has 0 bridgehead atoms. The third-order valence-electron chi connectivity index (χ3n) is 2.32. The van der Waals surface area contributed by atoms with Crippen molar-refractivity contribution in [3.8, 4) is 5.75 Å². The van der Waals surface area contributed by atoms with Gasteiger partial charge in [0.2, 0.25) is 0 Å². The van der Waals surface area contributed by atoms with Crippen LogP contribution in [0.25, 0.3) is 6.08 Å². The largest absolute Gasteiger partial charge is 0.489 e. The van der Waals surface area contributed by atoms with Gasteiger partial charge in [0.05, 0.1) is 6.07 Å². The van der Waals surface area contributed by atoms with Crippen LogP contribution in [0.4, 0.5) is 0 Å². The normalized spacial score (nSPS) is 10.7. The standard InChI is InChI=1S/C15H14O3/c1-12-10-14(11-15(16)18-12)17-9-5-8-13-6-3-2-4-7-13/h2-8,10-11H,9H2,1H3/b8-5+. The molecule has 0 unspecified atom stereocenters. The molecule has 2 rings (SSSR count). The number of ether oxygens (including phenoxy) is 1.